The summed E-state index contributed by atoms with van der Waals surface area (Å²) in [5.41, 5.74) is -1.29. The Morgan fingerprint density at radius 1 is 1.38 bits per heavy atom. The SMILES string of the molecule is CCOC(=O)c1oc(-c2ccc(F)cc2F)nc1C(F)F. The quantitative estimate of drug-likeness (QED) is 0.638. The lowest BCUT2D eigenvalue weighted by Crippen LogP contribution is -2.06. The van der Waals surface area contributed by atoms with Crippen LogP contribution in [-0.2, 0) is 4.74 Å². The fourth-order valence-electron chi connectivity index (χ4n) is 1.60. The van der Waals surface area contributed by atoms with Gasteiger partial charge in [-0.05, 0) is 19.1 Å². The molecule has 0 spiro atoms. The van der Waals surface area contributed by atoms with Gasteiger partial charge in [0.05, 0.1) is 12.2 Å². The zero-order valence-corrected chi connectivity index (χ0v) is 10.7. The first-order chi connectivity index (χ1) is 9.93. The fraction of sp³-hybridized carbons (Fsp3) is 0.231. The van der Waals surface area contributed by atoms with Crippen LogP contribution in [0.25, 0.3) is 11.5 Å². The minimum Gasteiger partial charge on any atom is -0.460 e. The van der Waals surface area contributed by atoms with Gasteiger partial charge < -0.3 is 9.15 Å². The molecule has 0 N–H and O–H groups in total. The first kappa shape index (κ1) is 15.0. The van der Waals surface area contributed by atoms with Crippen molar-refractivity contribution >= 4 is 5.97 Å². The molecule has 1 aromatic carbocycles. The van der Waals surface area contributed by atoms with E-state index in [-0.39, 0.29) is 12.2 Å². The number of hydrogen-bond acceptors (Lipinski definition) is 4. The highest BCUT2D eigenvalue weighted by Crippen LogP contribution is 2.30. The third kappa shape index (κ3) is 3.04. The van der Waals surface area contributed by atoms with Gasteiger partial charge in [-0.3, -0.25) is 0 Å². The summed E-state index contributed by atoms with van der Waals surface area (Å²) in [4.78, 5) is 14.9. The van der Waals surface area contributed by atoms with Crippen LogP contribution in [0.2, 0.25) is 0 Å². The van der Waals surface area contributed by atoms with Gasteiger partial charge in [-0.2, -0.15) is 0 Å². The van der Waals surface area contributed by atoms with Crippen molar-refractivity contribution in [2.24, 2.45) is 0 Å². The van der Waals surface area contributed by atoms with Crippen LogP contribution in [0.15, 0.2) is 22.6 Å². The van der Waals surface area contributed by atoms with Gasteiger partial charge >= 0.3 is 5.97 Å². The van der Waals surface area contributed by atoms with E-state index in [0.29, 0.717) is 6.07 Å². The van der Waals surface area contributed by atoms with Crippen LogP contribution in [0.5, 0.6) is 0 Å². The summed E-state index contributed by atoms with van der Waals surface area (Å²) in [6, 6.07) is 2.43. The molecule has 112 valence electrons. The second-order valence-electron chi connectivity index (χ2n) is 3.88. The lowest BCUT2D eigenvalue weighted by molar-refractivity contribution is 0.0476. The number of hydrogen-bond donors (Lipinski definition) is 0. The molecule has 0 aliphatic carbocycles. The molecule has 0 fully saturated rings. The number of rotatable bonds is 4. The number of carbonyl (C=O) groups excluding carboxylic acids is 1. The molecule has 0 saturated carbocycles. The smallest absolute Gasteiger partial charge is 0.376 e. The standard InChI is InChI=1S/C13H9F4NO3/c1-2-20-13(19)10-9(11(16)17)18-12(21-10)7-4-3-6(14)5-8(7)15/h3-5,11H,2H2,1H3. The second-order valence-corrected chi connectivity index (χ2v) is 3.88. The molecule has 0 amide bonds. The Hall–Kier alpha value is -2.38. The normalized spacial score (nSPS) is 11.0. The molecule has 0 bridgehead atoms. The van der Waals surface area contributed by atoms with E-state index in [1.54, 1.807) is 0 Å². The van der Waals surface area contributed by atoms with Crippen molar-refractivity contribution in [3.05, 3.63) is 41.3 Å². The van der Waals surface area contributed by atoms with Crippen LogP contribution < -0.4 is 0 Å². The number of nitrogens with zero attached hydrogens (tertiary/aromatic N) is 1. The Labute approximate surface area is 116 Å². The minimum absolute atomic E-state index is 0.0531. The third-order valence-electron chi connectivity index (χ3n) is 2.48. The molecule has 0 aliphatic rings. The molecule has 0 saturated heterocycles. The van der Waals surface area contributed by atoms with Crippen molar-refractivity contribution in [3.63, 3.8) is 0 Å². The van der Waals surface area contributed by atoms with Crippen LogP contribution in [0, 0.1) is 11.6 Å². The number of halogens is 4. The Balaban J connectivity index is 2.51. The molecule has 0 unspecified atom stereocenters. The largest absolute Gasteiger partial charge is 0.460 e. The average molecular weight is 303 g/mol. The van der Waals surface area contributed by atoms with Gasteiger partial charge in [0.1, 0.15) is 11.6 Å². The van der Waals surface area contributed by atoms with E-state index < -0.39 is 41.4 Å². The van der Waals surface area contributed by atoms with Crippen LogP contribution in [-0.4, -0.2) is 17.6 Å². The predicted molar refractivity (Wildman–Crippen MR) is 62.8 cm³/mol. The van der Waals surface area contributed by atoms with E-state index in [1.807, 2.05) is 0 Å². The van der Waals surface area contributed by atoms with Crippen molar-refractivity contribution in [3.8, 4) is 11.5 Å². The van der Waals surface area contributed by atoms with Crippen LogP contribution in [0.4, 0.5) is 17.6 Å². The highest BCUT2D eigenvalue weighted by atomic mass is 19.3. The molecular weight excluding hydrogens is 294 g/mol. The molecule has 8 heteroatoms. The predicted octanol–water partition coefficient (Wildman–Crippen LogP) is 3.73. The van der Waals surface area contributed by atoms with E-state index >= 15 is 0 Å². The number of carbonyl (C=O) groups is 1. The highest BCUT2D eigenvalue weighted by molar-refractivity contribution is 5.88. The van der Waals surface area contributed by atoms with Crippen molar-refractivity contribution in [1.29, 1.82) is 0 Å². The summed E-state index contributed by atoms with van der Waals surface area (Å²) < 4.78 is 61.5. The summed E-state index contributed by atoms with van der Waals surface area (Å²) in [6.07, 6.45) is -3.11. The molecule has 2 rings (SSSR count). The zero-order valence-electron chi connectivity index (χ0n) is 10.7. The first-order valence-corrected chi connectivity index (χ1v) is 5.85. The van der Waals surface area contributed by atoms with Crippen LogP contribution >= 0.6 is 0 Å². The van der Waals surface area contributed by atoms with Gasteiger partial charge in [0.2, 0.25) is 11.7 Å². The maximum Gasteiger partial charge on any atom is 0.376 e. The number of ether oxygens (including phenoxy) is 1. The molecular formula is C13H9F4NO3. The van der Waals surface area contributed by atoms with Crippen molar-refractivity contribution in [2.45, 2.75) is 13.3 Å². The molecule has 0 radical (unpaired) electrons. The molecule has 0 atom stereocenters. The maximum absolute atomic E-state index is 13.6. The number of alkyl halides is 2. The summed E-state index contributed by atoms with van der Waals surface area (Å²) in [5.74, 6) is -4.37. The Morgan fingerprint density at radius 2 is 2.10 bits per heavy atom. The monoisotopic (exact) mass is 303 g/mol. The average Bonchev–Trinajstić information content (AvgIpc) is 2.84. The molecule has 1 heterocycles. The van der Waals surface area contributed by atoms with E-state index in [0.717, 1.165) is 12.1 Å². The number of aromatic nitrogens is 1. The first-order valence-electron chi connectivity index (χ1n) is 5.85. The van der Waals surface area contributed by atoms with Gasteiger partial charge in [0.25, 0.3) is 6.43 Å². The summed E-state index contributed by atoms with van der Waals surface area (Å²) in [5, 5.41) is 0. The Kier molecular flexibility index (Phi) is 4.25. The van der Waals surface area contributed by atoms with E-state index in [4.69, 9.17) is 4.42 Å². The topological polar surface area (TPSA) is 52.3 Å². The molecule has 1 aromatic heterocycles. The van der Waals surface area contributed by atoms with E-state index in [2.05, 4.69) is 9.72 Å². The van der Waals surface area contributed by atoms with Gasteiger partial charge in [0, 0.05) is 6.07 Å². The minimum atomic E-state index is -3.11. The third-order valence-corrected chi connectivity index (χ3v) is 2.48. The van der Waals surface area contributed by atoms with Gasteiger partial charge in [-0.15, -0.1) is 0 Å². The fourth-order valence-corrected chi connectivity index (χ4v) is 1.60. The van der Waals surface area contributed by atoms with Crippen LogP contribution in [0.3, 0.4) is 0 Å². The van der Waals surface area contributed by atoms with Crippen molar-refractivity contribution in [1.82, 2.24) is 4.98 Å². The van der Waals surface area contributed by atoms with Gasteiger partial charge in [-0.1, -0.05) is 0 Å². The number of benzene rings is 1. The summed E-state index contributed by atoms with van der Waals surface area (Å²) in [6.45, 7) is 1.43. The summed E-state index contributed by atoms with van der Waals surface area (Å²) in [7, 11) is 0. The van der Waals surface area contributed by atoms with E-state index in [1.165, 1.54) is 6.92 Å². The highest BCUT2D eigenvalue weighted by Gasteiger charge is 2.28. The molecule has 21 heavy (non-hydrogen) atoms. The van der Waals surface area contributed by atoms with Crippen molar-refractivity contribution < 1.29 is 31.5 Å². The number of oxazole rings is 1. The van der Waals surface area contributed by atoms with Crippen molar-refractivity contribution in [2.75, 3.05) is 6.61 Å². The maximum atomic E-state index is 13.6. The van der Waals surface area contributed by atoms with Gasteiger partial charge in [0.15, 0.2) is 5.69 Å². The lowest BCUT2D eigenvalue weighted by atomic mass is 10.2. The summed E-state index contributed by atoms with van der Waals surface area (Å²) >= 11 is 0. The Morgan fingerprint density at radius 3 is 2.67 bits per heavy atom. The molecule has 4 nitrogen and oxygen atoms in total. The van der Waals surface area contributed by atoms with E-state index in [9.17, 15) is 22.4 Å². The Bertz CT molecular complexity index is 669. The van der Waals surface area contributed by atoms with Crippen LogP contribution in [0.1, 0.15) is 29.6 Å². The number of esters is 1. The molecule has 2 aromatic rings. The zero-order chi connectivity index (χ0) is 15.6. The lowest BCUT2D eigenvalue weighted by Gasteiger charge is -1.99. The second kappa shape index (κ2) is 5.94. The van der Waals surface area contributed by atoms with Gasteiger partial charge in [-0.25, -0.2) is 27.3 Å². The molecule has 0 aliphatic heterocycles.